The highest BCUT2D eigenvalue weighted by atomic mass is 32.1. The number of fused-ring (bicyclic) bond motifs is 2. The fourth-order valence-electron chi connectivity index (χ4n) is 5.24. The first kappa shape index (κ1) is 25.2. The highest BCUT2D eigenvalue weighted by Gasteiger charge is 2.44. The van der Waals surface area contributed by atoms with Crippen LogP contribution in [-0.4, -0.2) is 24.9 Å². The van der Waals surface area contributed by atoms with Crippen LogP contribution in [-0.2, 0) is 9.59 Å². The van der Waals surface area contributed by atoms with E-state index in [1.807, 2.05) is 9.80 Å². The number of carbonyl (C=O) groups is 2. The lowest BCUT2D eigenvalue weighted by Gasteiger charge is -2.23. The van der Waals surface area contributed by atoms with Gasteiger partial charge in [0, 0.05) is 13.1 Å². The van der Waals surface area contributed by atoms with E-state index in [0.29, 0.717) is 23.0 Å². The third-order valence-corrected chi connectivity index (χ3v) is 9.30. The second-order valence-corrected chi connectivity index (χ2v) is 11.5. The maximum atomic E-state index is 13.8. The lowest BCUT2D eigenvalue weighted by Crippen LogP contribution is -2.34. The van der Waals surface area contributed by atoms with Gasteiger partial charge >= 0.3 is 0 Å². The van der Waals surface area contributed by atoms with E-state index in [4.69, 9.17) is 0 Å². The first-order chi connectivity index (χ1) is 16.5. The molecule has 0 spiro atoms. The van der Waals surface area contributed by atoms with Crippen molar-refractivity contribution in [3.63, 3.8) is 0 Å². The van der Waals surface area contributed by atoms with Crippen LogP contribution < -0.4 is 9.80 Å². The molecule has 2 aliphatic heterocycles. The van der Waals surface area contributed by atoms with Gasteiger partial charge in [-0.3, -0.25) is 9.59 Å². The number of thiophene rings is 2. The van der Waals surface area contributed by atoms with Crippen molar-refractivity contribution in [3.8, 4) is 0 Å². The summed E-state index contributed by atoms with van der Waals surface area (Å²) >= 11 is 3.18. The molecule has 2 aliphatic rings. The molecule has 4 nitrogen and oxygen atoms in total. The molecule has 2 atom stereocenters. The predicted octanol–water partition coefficient (Wildman–Crippen LogP) is 7.85. The Bertz CT molecular complexity index is 968. The molecule has 2 unspecified atom stereocenters. The standard InChI is InChI=1S/C28H38N2O2S2/c1-5-9-11-19(7-3)17-29-21-13-15-33-25(21)23(27(29)31)24-26-22(14-16-34-26)30(28(24)32)18-20(8-4)12-10-6-2/h13-16,19-20H,5-12,17-18H2,1-4H3/b24-23+. The first-order valence-corrected chi connectivity index (χ1v) is 14.8. The molecule has 2 amide bonds. The van der Waals surface area contributed by atoms with Crippen molar-refractivity contribution in [1.82, 2.24) is 0 Å². The highest BCUT2D eigenvalue weighted by Crippen LogP contribution is 2.50. The first-order valence-electron chi connectivity index (χ1n) is 13.1. The second kappa shape index (κ2) is 11.2. The van der Waals surface area contributed by atoms with Gasteiger partial charge in [-0.1, -0.05) is 66.2 Å². The topological polar surface area (TPSA) is 40.6 Å². The van der Waals surface area contributed by atoms with E-state index >= 15 is 0 Å². The number of nitrogens with zero attached hydrogens (tertiary/aromatic N) is 2. The average Bonchev–Trinajstić information content (AvgIpc) is 3.60. The molecule has 184 valence electrons. The van der Waals surface area contributed by atoms with Crippen molar-refractivity contribution in [1.29, 1.82) is 0 Å². The molecule has 2 aromatic rings. The Kier molecular flexibility index (Phi) is 8.30. The second-order valence-electron chi connectivity index (χ2n) is 9.68. The Labute approximate surface area is 212 Å². The molecule has 34 heavy (non-hydrogen) atoms. The van der Waals surface area contributed by atoms with E-state index < -0.39 is 0 Å². The average molecular weight is 499 g/mol. The van der Waals surface area contributed by atoms with Gasteiger partial charge in [-0.2, -0.15) is 0 Å². The molecule has 4 heterocycles. The van der Waals surface area contributed by atoms with Crippen molar-refractivity contribution < 1.29 is 9.59 Å². The van der Waals surface area contributed by atoms with E-state index in [0.717, 1.165) is 59.9 Å². The molecule has 0 saturated heterocycles. The zero-order chi connectivity index (χ0) is 24.2. The van der Waals surface area contributed by atoms with Crippen LogP contribution in [0, 0.1) is 11.8 Å². The summed E-state index contributed by atoms with van der Waals surface area (Å²) in [6, 6.07) is 4.12. The smallest absolute Gasteiger partial charge is 0.260 e. The van der Waals surface area contributed by atoms with Gasteiger partial charge < -0.3 is 9.80 Å². The van der Waals surface area contributed by atoms with Crippen molar-refractivity contribution in [2.24, 2.45) is 11.8 Å². The summed E-state index contributed by atoms with van der Waals surface area (Å²) in [5.41, 5.74) is 3.25. The molecule has 0 aromatic carbocycles. The zero-order valence-corrected chi connectivity index (χ0v) is 22.7. The summed E-state index contributed by atoms with van der Waals surface area (Å²) in [4.78, 5) is 33.5. The Morgan fingerprint density at radius 3 is 1.47 bits per heavy atom. The van der Waals surface area contributed by atoms with E-state index in [9.17, 15) is 9.59 Å². The molecule has 0 radical (unpaired) electrons. The maximum absolute atomic E-state index is 13.8. The van der Waals surface area contributed by atoms with E-state index in [1.165, 1.54) is 25.7 Å². The van der Waals surface area contributed by atoms with Gasteiger partial charge in [-0.05, 0) is 47.6 Å². The zero-order valence-electron chi connectivity index (χ0n) is 21.1. The summed E-state index contributed by atoms with van der Waals surface area (Å²) in [6.07, 6.45) is 9.12. The van der Waals surface area contributed by atoms with Crippen molar-refractivity contribution in [2.45, 2.75) is 79.1 Å². The monoisotopic (exact) mass is 498 g/mol. The van der Waals surface area contributed by atoms with Crippen molar-refractivity contribution in [2.75, 3.05) is 22.9 Å². The summed E-state index contributed by atoms with van der Waals surface area (Å²) in [5.74, 6) is 0.995. The lowest BCUT2D eigenvalue weighted by molar-refractivity contribution is -0.114. The van der Waals surface area contributed by atoms with Crippen molar-refractivity contribution >= 4 is 57.0 Å². The Balaban J connectivity index is 1.68. The molecule has 0 bridgehead atoms. The minimum Gasteiger partial charge on any atom is -0.307 e. The summed E-state index contributed by atoms with van der Waals surface area (Å²) in [7, 11) is 0. The van der Waals surface area contributed by atoms with Gasteiger partial charge in [-0.15, -0.1) is 22.7 Å². The summed E-state index contributed by atoms with van der Waals surface area (Å²) < 4.78 is 0. The Morgan fingerprint density at radius 2 is 1.12 bits per heavy atom. The molecule has 0 fully saturated rings. The van der Waals surface area contributed by atoms with Gasteiger partial charge in [-0.25, -0.2) is 0 Å². The van der Waals surface area contributed by atoms with Crippen LogP contribution in [0.15, 0.2) is 22.9 Å². The minimum atomic E-state index is 0.0133. The minimum absolute atomic E-state index is 0.0133. The van der Waals surface area contributed by atoms with Crippen LogP contribution in [0.4, 0.5) is 11.4 Å². The number of amides is 2. The molecule has 6 heteroatoms. The van der Waals surface area contributed by atoms with E-state index in [1.54, 1.807) is 22.7 Å². The SMILES string of the molecule is CCCCC(CC)CN1C(=O)/C(=C2/C(=O)N(CC(CC)CCCC)c3ccsc32)c2sccc21. The van der Waals surface area contributed by atoms with E-state index in [2.05, 4.69) is 50.6 Å². The largest absolute Gasteiger partial charge is 0.307 e. The number of rotatable bonds is 12. The fraction of sp³-hybridized carbons (Fsp3) is 0.571. The summed E-state index contributed by atoms with van der Waals surface area (Å²) in [5, 5.41) is 4.12. The van der Waals surface area contributed by atoms with Crippen LogP contribution in [0.2, 0.25) is 0 Å². The quantitative estimate of drug-likeness (QED) is 0.280. The molecule has 0 N–H and O–H groups in total. The maximum Gasteiger partial charge on any atom is 0.260 e. The predicted molar refractivity (Wildman–Crippen MR) is 147 cm³/mol. The molecular formula is C28H38N2O2S2. The number of hydrogen-bond acceptors (Lipinski definition) is 4. The molecule has 0 aliphatic carbocycles. The van der Waals surface area contributed by atoms with Gasteiger partial charge in [0.05, 0.1) is 32.3 Å². The van der Waals surface area contributed by atoms with Gasteiger partial charge in [0.1, 0.15) is 0 Å². The molecule has 0 saturated carbocycles. The molecule has 4 rings (SSSR count). The molecular weight excluding hydrogens is 460 g/mol. The Morgan fingerprint density at radius 1 is 0.706 bits per heavy atom. The summed E-state index contributed by atoms with van der Waals surface area (Å²) in [6.45, 7) is 10.3. The number of anilines is 2. The highest BCUT2D eigenvalue weighted by molar-refractivity contribution is 7.14. The third-order valence-electron chi connectivity index (χ3n) is 7.46. The Hall–Kier alpha value is -1.92. The van der Waals surface area contributed by atoms with Crippen LogP contribution in [0.1, 0.15) is 88.8 Å². The third kappa shape index (κ3) is 4.64. The fourth-order valence-corrected chi connectivity index (χ4v) is 7.12. The number of unbranched alkanes of at least 4 members (excludes halogenated alkanes) is 2. The molecule has 2 aromatic heterocycles. The van der Waals surface area contributed by atoms with Crippen LogP contribution >= 0.6 is 22.7 Å². The normalized spacial score (nSPS) is 19.2. The van der Waals surface area contributed by atoms with Gasteiger partial charge in [0.25, 0.3) is 11.8 Å². The number of carbonyl (C=O) groups excluding carboxylic acids is 2. The van der Waals surface area contributed by atoms with Crippen molar-refractivity contribution in [3.05, 3.63) is 32.6 Å². The van der Waals surface area contributed by atoms with Crippen LogP contribution in [0.25, 0.3) is 11.1 Å². The van der Waals surface area contributed by atoms with E-state index in [-0.39, 0.29) is 11.8 Å². The van der Waals surface area contributed by atoms with Crippen LogP contribution in [0.3, 0.4) is 0 Å². The number of hydrogen-bond donors (Lipinski definition) is 0. The lowest BCUT2D eigenvalue weighted by atomic mass is 9.98. The van der Waals surface area contributed by atoms with Gasteiger partial charge in [0.15, 0.2) is 0 Å². The van der Waals surface area contributed by atoms with Gasteiger partial charge in [0.2, 0.25) is 0 Å². The van der Waals surface area contributed by atoms with Crippen LogP contribution in [0.5, 0.6) is 0 Å².